The van der Waals surface area contributed by atoms with Crippen LogP contribution in [0.15, 0.2) is 79.0 Å². The number of benzene rings is 3. The van der Waals surface area contributed by atoms with Crippen molar-refractivity contribution < 1.29 is 9.18 Å². The molecule has 0 aliphatic carbocycles. The van der Waals surface area contributed by atoms with Gasteiger partial charge in [0.15, 0.2) is 5.82 Å². The van der Waals surface area contributed by atoms with Crippen molar-refractivity contribution in [1.82, 2.24) is 9.78 Å². The van der Waals surface area contributed by atoms with E-state index in [1.807, 2.05) is 42.5 Å². The lowest BCUT2D eigenvalue weighted by Crippen LogP contribution is -2.12. The fourth-order valence-electron chi connectivity index (χ4n) is 2.86. The van der Waals surface area contributed by atoms with E-state index in [1.165, 1.54) is 12.1 Å². The van der Waals surface area contributed by atoms with Crippen molar-refractivity contribution in [2.75, 3.05) is 5.32 Å². The summed E-state index contributed by atoms with van der Waals surface area (Å²) in [4.78, 5) is 12.5. The fourth-order valence-corrected chi connectivity index (χ4v) is 2.86. The largest absolute Gasteiger partial charge is 0.305 e. The monoisotopic (exact) mass is 345 g/mol. The molecule has 1 aromatic heterocycles. The first-order valence-electron chi connectivity index (χ1n) is 8.25. The van der Waals surface area contributed by atoms with E-state index < -0.39 is 0 Å². The molecule has 26 heavy (non-hydrogen) atoms. The molecule has 1 N–H and O–H groups in total. The first-order chi connectivity index (χ1) is 12.7. The molecular formula is C21H16FN3O. The molecule has 0 saturated heterocycles. The van der Waals surface area contributed by atoms with E-state index in [0.717, 1.165) is 16.3 Å². The van der Waals surface area contributed by atoms with Crippen LogP contribution in [-0.2, 0) is 6.54 Å². The smallest absolute Gasteiger partial charge is 0.256 e. The van der Waals surface area contributed by atoms with E-state index in [4.69, 9.17) is 0 Å². The van der Waals surface area contributed by atoms with Gasteiger partial charge in [0, 0.05) is 17.8 Å². The normalized spacial score (nSPS) is 10.8. The van der Waals surface area contributed by atoms with E-state index in [-0.39, 0.29) is 11.7 Å². The van der Waals surface area contributed by atoms with Crippen LogP contribution in [0.25, 0.3) is 10.8 Å². The molecule has 0 bridgehead atoms. The quantitative estimate of drug-likeness (QED) is 0.593. The summed E-state index contributed by atoms with van der Waals surface area (Å²) >= 11 is 0. The maximum atomic E-state index is 13.3. The fraction of sp³-hybridized carbons (Fsp3) is 0.0476. The molecule has 0 aliphatic heterocycles. The van der Waals surface area contributed by atoms with Gasteiger partial charge in [0.2, 0.25) is 0 Å². The highest BCUT2D eigenvalue weighted by Crippen LogP contribution is 2.17. The maximum Gasteiger partial charge on any atom is 0.256 e. The number of halogens is 1. The molecule has 4 rings (SSSR count). The molecule has 0 unspecified atom stereocenters. The summed E-state index contributed by atoms with van der Waals surface area (Å²) in [5.41, 5.74) is 1.38. The van der Waals surface area contributed by atoms with Crippen LogP contribution in [0.3, 0.4) is 0 Å². The van der Waals surface area contributed by atoms with Gasteiger partial charge in [-0.1, -0.05) is 42.5 Å². The summed E-state index contributed by atoms with van der Waals surface area (Å²) < 4.78 is 14.9. The number of rotatable bonds is 4. The summed E-state index contributed by atoms with van der Waals surface area (Å²) in [6.45, 7) is 0.434. The van der Waals surface area contributed by atoms with Crippen molar-refractivity contribution in [3.05, 3.63) is 95.9 Å². The number of nitrogens with one attached hydrogen (secondary N) is 1. The van der Waals surface area contributed by atoms with Crippen molar-refractivity contribution in [3.63, 3.8) is 0 Å². The standard InChI is InChI=1S/C21H16FN3O/c22-19-7-3-4-15(12-19)14-25-11-10-20(24-25)23-21(26)18-9-8-16-5-1-2-6-17(16)13-18/h1-13H,14H2,(H,23,24,26). The van der Waals surface area contributed by atoms with Gasteiger partial charge in [-0.2, -0.15) is 5.10 Å². The second kappa shape index (κ2) is 6.80. The van der Waals surface area contributed by atoms with E-state index in [9.17, 15) is 9.18 Å². The number of carbonyl (C=O) groups is 1. The number of carbonyl (C=O) groups excluding carboxylic acids is 1. The molecule has 5 heteroatoms. The lowest BCUT2D eigenvalue weighted by atomic mass is 10.1. The second-order valence-corrected chi connectivity index (χ2v) is 6.04. The minimum Gasteiger partial charge on any atom is -0.305 e. The molecule has 0 atom stereocenters. The molecule has 1 amide bonds. The molecule has 0 saturated carbocycles. The van der Waals surface area contributed by atoms with Gasteiger partial charge in [-0.05, 0) is 40.6 Å². The predicted molar refractivity (Wildman–Crippen MR) is 99.6 cm³/mol. The van der Waals surface area contributed by atoms with Gasteiger partial charge in [0.25, 0.3) is 5.91 Å². The molecule has 4 aromatic rings. The summed E-state index contributed by atoms with van der Waals surface area (Å²) in [5, 5.41) is 9.22. The molecule has 0 fully saturated rings. The Bertz CT molecular complexity index is 1090. The lowest BCUT2D eigenvalue weighted by molar-refractivity contribution is 0.102. The number of fused-ring (bicyclic) bond motifs is 1. The molecular weight excluding hydrogens is 329 g/mol. The van der Waals surface area contributed by atoms with E-state index in [2.05, 4.69) is 10.4 Å². The van der Waals surface area contributed by atoms with E-state index in [1.54, 1.807) is 29.1 Å². The second-order valence-electron chi connectivity index (χ2n) is 6.04. The highest BCUT2D eigenvalue weighted by molar-refractivity contribution is 6.06. The minimum atomic E-state index is -0.278. The predicted octanol–water partition coefficient (Wildman–Crippen LogP) is 4.48. The topological polar surface area (TPSA) is 46.9 Å². The minimum absolute atomic E-state index is 0.216. The van der Waals surface area contributed by atoms with Gasteiger partial charge in [0.1, 0.15) is 5.82 Å². The number of amides is 1. The molecule has 4 nitrogen and oxygen atoms in total. The average molecular weight is 345 g/mol. The van der Waals surface area contributed by atoms with Crippen LogP contribution in [0.4, 0.5) is 10.2 Å². The molecule has 3 aromatic carbocycles. The van der Waals surface area contributed by atoms with Crippen LogP contribution in [0.1, 0.15) is 15.9 Å². The highest BCUT2D eigenvalue weighted by Gasteiger charge is 2.09. The van der Waals surface area contributed by atoms with Crippen LogP contribution in [0.2, 0.25) is 0 Å². The summed E-state index contributed by atoms with van der Waals surface area (Å²) in [6.07, 6.45) is 1.75. The molecule has 0 spiro atoms. The van der Waals surface area contributed by atoms with Crippen LogP contribution >= 0.6 is 0 Å². The van der Waals surface area contributed by atoms with Gasteiger partial charge in [-0.25, -0.2) is 4.39 Å². The van der Waals surface area contributed by atoms with Crippen molar-refractivity contribution in [2.45, 2.75) is 6.54 Å². The molecule has 0 aliphatic rings. The Kier molecular flexibility index (Phi) is 4.19. The Labute approximate surface area is 149 Å². The molecule has 1 heterocycles. The third-order valence-corrected chi connectivity index (χ3v) is 4.13. The van der Waals surface area contributed by atoms with E-state index in [0.29, 0.717) is 17.9 Å². The lowest BCUT2D eigenvalue weighted by Gasteiger charge is -2.05. The van der Waals surface area contributed by atoms with Crippen molar-refractivity contribution >= 4 is 22.5 Å². The van der Waals surface area contributed by atoms with Crippen LogP contribution in [-0.4, -0.2) is 15.7 Å². The van der Waals surface area contributed by atoms with Crippen LogP contribution in [0.5, 0.6) is 0 Å². The third kappa shape index (κ3) is 3.47. The molecule has 128 valence electrons. The SMILES string of the molecule is O=C(Nc1ccn(Cc2cccc(F)c2)n1)c1ccc2ccccc2c1. The number of nitrogens with zero attached hydrogens (tertiary/aromatic N) is 2. The maximum absolute atomic E-state index is 13.3. The Morgan fingerprint density at radius 3 is 2.65 bits per heavy atom. The third-order valence-electron chi connectivity index (χ3n) is 4.13. The van der Waals surface area contributed by atoms with Crippen molar-refractivity contribution in [3.8, 4) is 0 Å². The number of aromatic nitrogens is 2. The Morgan fingerprint density at radius 2 is 1.81 bits per heavy atom. The zero-order valence-electron chi connectivity index (χ0n) is 13.9. The van der Waals surface area contributed by atoms with Crippen molar-refractivity contribution in [2.24, 2.45) is 0 Å². The van der Waals surface area contributed by atoms with Gasteiger partial charge >= 0.3 is 0 Å². The Morgan fingerprint density at radius 1 is 0.962 bits per heavy atom. The van der Waals surface area contributed by atoms with Crippen LogP contribution < -0.4 is 5.32 Å². The zero-order valence-corrected chi connectivity index (χ0v) is 13.9. The zero-order chi connectivity index (χ0) is 17.9. The average Bonchev–Trinajstić information content (AvgIpc) is 3.08. The van der Waals surface area contributed by atoms with Gasteiger partial charge < -0.3 is 5.32 Å². The number of anilines is 1. The Balaban J connectivity index is 1.48. The summed E-state index contributed by atoms with van der Waals surface area (Å²) in [5.74, 6) is -0.0363. The van der Waals surface area contributed by atoms with Crippen LogP contribution in [0, 0.1) is 5.82 Å². The highest BCUT2D eigenvalue weighted by atomic mass is 19.1. The molecule has 0 radical (unpaired) electrons. The van der Waals surface area contributed by atoms with E-state index >= 15 is 0 Å². The van der Waals surface area contributed by atoms with Gasteiger partial charge in [0.05, 0.1) is 6.54 Å². The Hall–Kier alpha value is -3.47. The number of hydrogen-bond acceptors (Lipinski definition) is 2. The first-order valence-corrected chi connectivity index (χ1v) is 8.25. The van der Waals surface area contributed by atoms with Gasteiger partial charge in [-0.3, -0.25) is 9.48 Å². The summed E-state index contributed by atoms with van der Waals surface area (Å²) in [6, 6.07) is 21.5. The van der Waals surface area contributed by atoms with Gasteiger partial charge in [-0.15, -0.1) is 0 Å². The van der Waals surface area contributed by atoms with Crippen molar-refractivity contribution in [1.29, 1.82) is 0 Å². The number of hydrogen-bond donors (Lipinski definition) is 1. The summed E-state index contributed by atoms with van der Waals surface area (Å²) in [7, 11) is 0. The first kappa shape index (κ1) is 16.0.